The van der Waals surface area contributed by atoms with Gasteiger partial charge in [0.25, 0.3) is 5.56 Å². The maximum Gasteiger partial charge on any atom is 0.332 e. The number of benzene rings is 2. The number of hydrogen-bond donors (Lipinski definition) is 0. The fraction of sp³-hybridized carbons (Fsp3) is 0.360. The summed E-state index contributed by atoms with van der Waals surface area (Å²) in [5.74, 6) is 1.37. The van der Waals surface area contributed by atoms with E-state index in [1.54, 1.807) is 18.7 Å². The van der Waals surface area contributed by atoms with Crippen molar-refractivity contribution in [1.29, 1.82) is 0 Å². The molecule has 0 unspecified atom stereocenters. The third-order valence-corrected chi connectivity index (χ3v) is 7.02. The SMILES string of the molecule is CN1C[C@@H](c2ccccc2)[C@@H]2CN(Cc3ccccc3)c3c(c(=O)n(C)c(=O)n3C)[C@@H]21. The van der Waals surface area contributed by atoms with Crippen LogP contribution >= 0.6 is 0 Å². The number of nitrogens with zero attached hydrogens (tertiary/aromatic N) is 4. The smallest absolute Gasteiger partial charge is 0.332 e. The Kier molecular flexibility index (Phi) is 4.82. The molecular formula is C25H28N4O2. The first-order valence-electron chi connectivity index (χ1n) is 10.8. The van der Waals surface area contributed by atoms with E-state index in [0.717, 1.165) is 24.5 Å². The number of aromatic nitrogens is 2. The summed E-state index contributed by atoms with van der Waals surface area (Å²) < 4.78 is 2.91. The predicted molar refractivity (Wildman–Crippen MR) is 122 cm³/mol. The summed E-state index contributed by atoms with van der Waals surface area (Å²) in [5.41, 5.74) is 2.78. The molecule has 6 heteroatoms. The van der Waals surface area contributed by atoms with Crippen LogP contribution in [0.2, 0.25) is 0 Å². The maximum atomic E-state index is 13.4. The van der Waals surface area contributed by atoms with Gasteiger partial charge in [-0.05, 0) is 18.2 Å². The molecule has 160 valence electrons. The molecule has 0 aliphatic carbocycles. The van der Waals surface area contributed by atoms with E-state index in [1.807, 2.05) is 24.3 Å². The Hall–Kier alpha value is -3.12. The van der Waals surface area contributed by atoms with Crippen LogP contribution < -0.4 is 16.1 Å². The Balaban J connectivity index is 1.68. The van der Waals surface area contributed by atoms with E-state index in [0.29, 0.717) is 12.5 Å². The van der Waals surface area contributed by atoms with Gasteiger partial charge in [0.1, 0.15) is 5.82 Å². The second kappa shape index (κ2) is 7.54. The average Bonchev–Trinajstić information content (AvgIpc) is 3.12. The maximum absolute atomic E-state index is 13.4. The summed E-state index contributed by atoms with van der Waals surface area (Å²) in [4.78, 5) is 30.8. The van der Waals surface area contributed by atoms with Gasteiger partial charge in [0.05, 0.1) is 5.56 Å². The van der Waals surface area contributed by atoms with Gasteiger partial charge in [0.2, 0.25) is 0 Å². The third kappa shape index (κ3) is 3.13. The Morgan fingerprint density at radius 3 is 2.16 bits per heavy atom. The van der Waals surface area contributed by atoms with Crippen LogP contribution in [0, 0.1) is 5.92 Å². The first-order valence-corrected chi connectivity index (χ1v) is 10.8. The molecule has 2 aromatic carbocycles. The van der Waals surface area contributed by atoms with Crippen LogP contribution in [0.25, 0.3) is 0 Å². The zero-order chi connectivity index (χ0) is 21.7. The molecule has 0 saturated carbocycles. The Morgan fingerprint density at radius 1 is 0.839 bits per heavy atom. The number of hydrogen-bond acceptors (Lipinski definition) is 4. The molecule has 1 fully saturated rings. The van der Waals surface area contributed by atoms with Gasteiger partial charge in [-0.2, -0.15) is 0 Å². The number of fused-ring (bicyclic) bond motifs is 3. The number of likely N-dealkylation sites (N-methyl/N-ethyl adjacent to an activating group) is 1. The molecule has 0 spiro atoms. The molecule has 3 heterocycles. The minimum absolute atomic E-state index is 0.00210. The molecule has 3 aromatic rings. The number of anilines is 1. The van der Waals surface area contributed by atoms with Gasteiger partial charge in [-0.3, -0.25) is 18.8 Å². The second-order valence-electron chi connectivity index (χ2n) is 8.87. The fourth-order valence-electron chi connectivity index (χ4n) is 5.61. The first kappa shape index (κ1) is 19.8. The third-order valence-electron chi connectivity index (χ3n) is 7.02. The van der Waals surface area contributed by atoms with Gasteiger partial charge < -0.3 is 4.90 Å². The fourth-order valence-corrected chi connectivity index (χ4v) is 5.61. The molecule has 0 amide bonds. The lowest BCUT2D eigenvalue weighted by Gasteiger charge is -2.41. The lowest BCUT2D eigenvalue weighted by Crippen LogP contribution is -2.50. The highest BCUT2D eigenvalue weighted by Gasteiger charge is 2.48. The lowest BCUT2D eigenvalue weighted by atomic mass is 9.80. The van der Waals surface area contributed by atoms with Gasteiger partial charge in [-0.15, -0.1) is 0 Å². The molecule has 31 heavy (non-hydrogen) atoms. The van der Waals surface area contributed by atoms with Crippen molar-refractivity contribution >= 4 is 5.82 Å². The van der Waals surface area contributed by atoms with E-state index in [9.17, 15) is 9.59 Å². The van der Waals surface area contributed by atoms with Gasteiger partial charge in [-0.25, -0.2) is 4.79 Å². The summed E-state index contributed by atoms with van der Waals surface area (Å²) in [6.45, 7) is 2.36. The molecule has 0 bridgehead atoms. The van der Waals surface area contributed by atoms with Crippen LogP contribution in [-0.4, -0.2) is 34.2 Å². The van der Waals surface area contributed by atoms with E-state index >= 15 is 0 Å². The van der Waals surface area contributed by atoms with Crippen molar-refractivity contribution in [2.45, 2.75) is 18.5 Å². The van der Waals surface area contributed by atoms with Gasteiger partial charge in [0, 0.05) is 51.6 Å². The topological polar surface area (TPSA) is 50.5 Å². The van der Waals surface area contributed by atoms with Crippen molar-refractivity contribution in [1.82, 2.24) is 14.0 Å². The minimum atomic E-state index is -0.277. The predicted octanol–water partition coefficient (Wildman–Crippen LogP) is 2.49. The normalized spacial score (nSPS) is 22.9. The molecule has 1 saturated heterocycles. The molecule has 2 aliphatic rings. The van der Waals surface area contributed by atoms with Crippen LogP contribution in [0.5, 0.6) is 0 Å². The van der Waals surface area contributed by atoms with Crippen LogP contribution in [0.3, 0.4) is 0 Å². The Morgan fingerprint density at radius 2 is 1.48 bits per heavy atom. The van der Waals surface area contributed by atoms with E-state index in [2.05, 4.69) is 53.2 Å². The Bertz CT molecular complexity index is 1220. The molecular weight excluding hydrogens is 388 g/mol. The van der Waals surface area contributed by atoms with Crippen molar-refractivity contribution in [3.05, 3.63) is 98.2 Å². The number of rotatable bonds is 3. The molecule has 0 radical (unpaired) electrons. The monoisotopic (exact) mass is 416 g/mol. The molecule has 3 atom stereocenters. The van der Waals surface area contributed by atoms with Crippen LogP contribution in [0.15, 0.2) is 70.3 Å². The van der Waals surface area contributed by atoms with E-state index < -0.39 is 0 Å². The zero-order valence-electron chi connectivity index (χ0n) is 18.2. The summed E-state index contributed by atoms with van der Waals surface area (Å²) >= 11 is 0. The highest BCUT2D eigenvalue weighted by molar-refractivity contribution is 5.53. The summed E-state index contributed by atoms with van der Waals surface area (Å²) in [7, 11) is 5.46. The Labute approximate surface area is 182 Å². The van der Waals surface area contributed by atoms with Gasteiger partial charge in [0.15, 0.2) is 0 Å². The highest BCUT2D eigenvalue weighted by atomic mass is 16.2. The average molecular weight is 417 g/mol. The van der Waals surface area contributed by atoms with Crippen LogP contribution in [0.1, 0.15) is 28.7 Å². The van der Waals surface area contributed by atoms with Crippen LogP contribution in [-0.2, 0) is 20.6 Å². The van der Waals surface area contributed by atoms with E-state index in [1.165, 1.54) is 15.7 Å². The summed E-state index contributed by atoms with van der Waals surface area (Å²) in [5, 5.41) is 0. The molecule has 6 nitrogen and oxygen atoms in total. The van der Waals surface area contributed by atoms with E-state index in [4.69, 9.17) is 0 Å². The van der Waals surface area contributed by atoms with E-state index in [-0.39, 0.29) is 23.2 Å². The lowest BCUT2D eigenvalue weighted by molar-refractivity contribution is 0.260. The standard InChI is InChI=1S/C25H28N4O2/c1-26-15-19(18-12-8-5-9-13-18)20-16-29(14-17-10-6-4-7-11-17)23-21(22(20)26)24(30)28(3)25(31)27(23)2/h4-13,19-20,22H,14-16H2,1-3H3/t19-,20-,22+/m0/s1. The van der Waals surface area contributed by atoms with Crippen molar-refractivity contribution in [2.24, 2.45) is 20.0 Å². The highest BCUT2D eigenvalue weighted by Crippen LogP contribution is 2.49. The second-order valence-corrected chi connectivity index (χ2v) is 8.87. The van der Waals surface area contributed by atoms with Crippen LogP contribution in [0.4, 0.5) is 5.82 Å². The van der Waals surface area contributed by atoms with Crippen molar-refractivity contribution in [2.75, 3.05) is 25.0 Å². The number of likely N-dealkylation sites (tertiary alicyclic amines) is 1. The molecule has 0 N–H and O–H groups in total. The zero-order valence-corrected chi connectivity index (χ0v) is 18.2. The minimum Gasteiger partial charge on any atom is -0.353 e. The van der Waals surface area contributed by atoms with Crippen molar-refractivity contribution in [3.63, 3.8) is 0 Å². The van der Waals surface area contributed by atoms with Crippen molar-refractivity contribution in [3.8, 4) is 0 Å². The largest absolute Gasteiger partial charge is 0.353 e. The quantitative estimate of drug-likeness (QED) is 0.658. The summed E-state index contributed by atoms with van der Waals surface area (Å²) in [6.07, 6.45) is 0. The molecule has 2 aliphatic heterocycles. The first-order chi connectivity index (χ1) is 15.0. The van der Waals surface area contributed by atoms with Crippen molar-refractivity contribution < 1.29 is 0 Å². The molecule has 1 aromatic heterocycles. The summed E-state index contributed by atoms with van der Waals surface area (Å²) in [6, 6.07) is 20.9. The molecule has 5 rings (SSSR count). The van der Waals surface area contributed by atoms with Gasteiger partial charge >= 0.3 is 5.69 Å². The van der Waals surface area contributed by atoms with Gasteiger partial charge in [-0.1, -0.05) is 60.7 Å².